The first-order valence-corrected chi connectivity index (χ1v) is 4.12. The third kappa shape index (κ3) is 4.73. The Balaban J connectivity index is 4.26. The summed E-state index contributed by atoms with van der Waals surface area (Å²) in [5.74, 6) is -0.525. The molecule has 0 heterocycles. The van der Waals surface area contributed by atoms with Crippen LogP contribution in [0.2, 0.25) is 0 Å². The molecule has 0 aliphatic heterocycles. The third-order valence-electron chi connectivity index (χ3n) is 1.55. The van der Waals surface area contributed by atoms with Gasteiger partial charge >= 0.3 is 12.3 Å². The molecular weight excluding hydrogens is 236 g/mol. The third-order valence-corrected chi connectivity index (χ3v) is 1.55. The lowest BCUT2D eigenvalue weighted by atomic mass is 10.3. The molecule has 1 unspecified atom stereocenters. The van der Waals surface area contributed by atoms with Gasteiger partial charge in [0.2, 0.25) is 0 Å². The Morgan fingerprint density at radius 2 is 2.06 bits per heavy atom. The van der Waals surface area contributed by atoms with Gasteiger partial charge in [-0.25, -0.2) is 14.6 Å². The van der Waals surface area contributed by atoms with Crippen LogP contribution in [0.25, 0.3) is 0 Å². The number of carbonyl (C=O) groups is 1. The van der Waals surface area contributed by atoms with E-state index in [4.69, 9.17) is 5.84 Å². The van der Waals surface area contributed by atoms with Crippen molar-refractivity contribution in [1.29, 1.82) is 0 Å². The molecule has 0 fully saturated rings. The number of rotatable bonds is 7. The summed E-state index contributed by atoms with van der Waals surface area (Å²) in [6, 6.07) is 0. The molecule has 0 rings (SSSR count). The van der Waals surface area contributed by atoms with Gasteiger partial charge in [0.1, 0.15) is 6.61 Å². The highest BCUT2D eigenvalue weighted by Gasteiger charge is 2.42. The number of carbonyl (C=O) groups excluding carboxylic acids is 1. The Morgan fingerprint density at radius 3 is 2.44 bits per heavy atom. The summed E-state index contributed by atoms with van der Waals surface area (Å²) in [6.45, 7) is -1.96. The van der Waals surface area contributed by atoms with Crippen molar-refractivity contribution >= 4 is 5.91 Å². The van der Waals surface area contributed by atoms with Crippen LogP contribution in [0.4, 0.5) is 17.6 Å². The fourth-order valence-electron chi connectivity index (χ4n) is 0.719. The number of alkyl halides is 4. The van der Waals surface area contributed by atoms with E-state index < -0.39 is 31.0 Å². The lowest BCUT2D eigenvalue weighted by Crippen LogP contribution is -2.45. The number of ether oxygens (including phenoxy) is 2. The van der Waals surface area contributed by atoms with Crippen LogP contribution in [0.3, 0.4) is 0 Å². The van der Waals surface area contributed by atoms with Crippen molar-refractivity contribution in [2.45, 2.75) is 18.5 Å². The molecule has 0 spiro atoms. The van der Waals surface area contributed by atoms with Crippen LogP contribution < -0.4 is 11.3 Å². The van der Waals surface area contributed by atoms with Gasteiger partial charge in [0.25, 0.3) is 5.91 Å². The quantitative estimate of drug-likeness (QED) is 0.286. The van der Waals surface area contributed by atoms with Gasteiger partial charge in [0, 0.05) is 7.11 Å². The number of halogens is 4. The minimum atomic E-state index is -4.32. The average Bonchev–Trinajstić information content (AvgIpc) is 2.22. The standard InChI is InChI=1S/C7H12F4N2O3/c1-15-2-4(5(14)13-12)16-3-7(10,11)6(8)9/h4,6H,2-3,12H2,1H3,(H,13,14). The zero-order chi connectivity index (χ0) is 12.8. The van der Waals surface area contributed by atoms with Crippen molar-refractivity contribution in [3.05, 3.63) is 0 Å². The summed E-state index contributed by atoms with van der Waals surface area (Å²) in [6.07, 6.45) is -5.32. The Hall–Kier alpha value is -0.930. The molecule has 16 heavy (non-hydrogen) atoms. The first kappa shape index (κ1) is 15.1. The molecule has 0 saturated carbocycles. The predicted octanol–water partition coefficient (Wildman–Crippen LogP) is -0.0917. The number of methoxy groups -OCH3 is 1. The molecular formula is C7H12F4N2O3. The van der Waals surface area contributed by atoms with Crippen molar-refractivity contribution in [3.63, 3.8) is 0 Å². The lowest BCUT2D eigenvalue weighted by molar-refractivity contribution is -0.183. The van der Waals surface area contributed by atoms with Gasteiger partial charge in [-0.15, -0.1) is 0 Å². The van der Waals surface area contributed by atoms with Gasteiger partial charge < -0.3 is 9.47 Å². The Kier molecular flexibility index (Phi) is 6.22. The van der Waals surface area contributed by atoms with Crippen molar-refractivity contribution in [3.8, 4) is 0 Å². The zero-order valence-corrected chi connectivity index (χ0v) is 8.38. The van der Waals surface area contributed by atoms with Crippen LogP contribution in [0, 0.1) is 0 Å². The highest BCUT2D eigenvalue weighted by Crippen LogP contribution is 2.23. The van der Waals surface area contributed by atoms with Crippen molar-refractivity contribution in [2.24, 2.45) is 5.84 Å². The maximum absolute atomic E-state index is 12.4. The topological polar surface area (TPSA) is 73.6 Å². The maximum atomic E-state index is 12.4. The number of nitrogens with one attached hydrogen (secondary N) is 1. The van der Waals surface area contributed by atoms with Gasteiger partial charge in [-0.1, -0.05) is 0 Å². The fourth-order valence-corrected chi connectivity index (χ4v) is 0.719. The summed E-state index contributed by atoms with van der Waals surface area (Å²) >= 11 is 0. The second-order valence-electron chi connectivity index (χ2n) is 2.83. The number of amides is 1. The van der Waals surface area contributed by atoms with E-state index in [1.54, 1.807) is 5.43 Å². The maximum Gasteiger partial charge on any atom is 0.330 e. The molecule has 0 aromatic carbocycles. The molecule has 5 nitrogen and oxygen atoms in total. The molecule has 3 N–H and O–H groups in total. The number of hydrogen-bond acceptors (Lipinski definition) is 4. The first-order chi connectivity index (χ1) is 7.35. The van der Waals surface area contributed by atoms with E-state index in [0.717, 1.165) is 0 Å². The fraction of sp³-hybridized carbons (Fsp3) is 0.857. The molecule has 1 amide bonds. The molecule has 1 atom stereocenters. The molecule has 0 radical (unpaired) electrons. The smallest absolute Gasteiger partial charge is 0.330 e. The molecule has 0 bridgehead atoms. The zero-order valence-electron chi connectivity index (χ0n) is 8.38. The van der Waals surface area contributed by atoms with Gasteiger partial charge in [-0.3, -0.25) is 10.2 Å². The predicted molar refractivity (Wildman–Crippen MR) is 44.9 cm³/mol. The SMILES string of the molecule is COCC(OCC(F)(F)C(F)F)C(=O)NN. The largest absolute Gasteiger partial charge is 0.381 e. The minimum absolute atomic E-state index is 0.373. The average molecular weight is 248 g/mol. The monoisotopic (exact) mass is 248 g/mol. The van der Waals surface area contributed by atoms with Gasteiger partial charge in [0.05, 0.1) is 6.61 Å². The van der Waals surface area contributed by atoms with Gasteiger partial charge in [0.15, 0.2) is 6.10 Å². The summed E-state index contributed by atoms with van der Waals surface area (Å²) in [4.78, 5) is 10.9. The van der Waals surface area contributed by atoms with Gasteiger partial charge in [-0.2, -0.15) is 8.78 Å². The molecule has 9 heteroatoms. The van der Waals surface area contributed by atoms with Crippen molar-refractivity contribution in [2.75, 3.05) is 20.3 Å². The van der Waals surface area contributed by atoms with Gasteiger partial charge in [-0.05, 0) is 0 Å². The molecule has 0 aliphatic carbocycles. The summed E-state index contributed by atoms with van der Waals surface area (Å²) < 4.78 is 57.2. The molecule has 0 aliphatic rings. The van der Waals surface area contributed by atoms with E-state index in [2.05, 4.69) is 9.47 Å². The highest BCUT2D eigenvalue weighted by molar-refractivity contribution is 5.80. The molecule has 96 valence electrons. The first-order valence-electron chi connectivity index (χ1n) is 4.12. The van der Waals surface area contributed by atoms with Crippen LogP contribution in [0.5, 0.6) is 0 Å². The van der Waals surface area contributed by atoms with Crippen LogP contribution in [0.1, 0.15) is 0 Å². The van der Waals surface area contributed by atoms with Crippen molar-refractivity contribution < 1.29 is 31.8 Å². The summed E-state index contributed by atoms with van der Waals surface area (Å²) in [5, 5.41) is 0. The van der Waals surface area contributed by atoms with E-state index in [0.29, 0.717) is 0 Å². The van der Waals surface area contributed by atoms with Crippen LogP contribution in [0.15, 0.2) is 0 Å². The lowest BCUT2D eigenvalue weighted by Gasteiger charge is -2.20. The number of hydrogen-bond donors (Lipinski definition) is 2. The van der Waals surface area contributed by atoms with Crippen LogP contribution in [-0.2, 0) is 14.3 Å². The van der Waals surface area contributed by atoms with E-state index in [1.807, 2.05) is 0 Å². The molecule has 0 saturated heterocycles. The minimum Gasteiger partial charge on any atom is -0.381 e. The highest BCUT2D eigenvalue weighted by atomic mass is 19.3. The van der Waals surface area contributed by atoms with E-state index in [-0.39, 0.29) is 6.61 Å². The Labute approximate surface area is 88.8 Å². The number of nitrogens with two attached hydrogens (primary N) is 1. The Morgan fingerprint density at radius 1 is 1.50 bits per heavy atom. The van der Waals surface area contributed by atoms with E-state index >= 15 is 0 Å². The van der Waals surface area contributed by atoms with Crippen LogP contribution in [-0.4, -0.2) is 44.7 Å². The normalized spacial score (nSPS) is 13.9. The van der Waals surface area contributed by atoms with Crippen molar-refractivity contribution in [1.82, 2.24) is 5.43 Å². The van der Waals surface area contributed by atoms with Crippen LogP contribution >= 0.6 is 0 Å². The van der Waals surface area contributed by atoms with E-state index in [1.165, 1.54) is 7.11 Å². The number of hydrazine groups is 1. The molecule has 0 aromatic rings. The molecule has 0 aromatic heterocycles. The second kappa shape index (κ2) is 6.61. The Bertz CT molecular complexity index is 228. The van der Waals surface area contributed by atoms with E-state index in [9.17, 15) is 22.4 Å². The summed E-state index contributed by atoms with van der Waals surface area (Å²) in [7, 11) is 1.19. The second-order valence-corrected chi connectivity index (χ2v) is 2.83. The summed E-state index contributed by atoms with van der Waals surface area (Å²) in [5.41, 5.74) is 1.64.